The van der Waals surface area contributed by atoms with E-state index < -0.39 is 0 Å². The number of halogens is 1. The first-order valence-corrected chi connectivity index (χ1v) is 6.99. The Morgan fingerprint density at radius 1 is 1.00 bits per heavy atom. The third-order valence-corrected chi connectivity index (χ3v) is 3.71. The predicted molar refractivity (Wildman–Crippen MR) is 81.9 cm³/mol. The molecule has 2 aromatic carbocycles. The molecule has 0 atom stereocenters. The minimum absolute atomic E-state index is 0.0389. The molecule has 3 aromatic rings. The van der Waals surface area contributed by atoms with Crippen LogP contribution in [-0.2, 0) is 6.61 Å². The standard InChI is InChI=1S/C16H12BrNO2/c17-14-7-3-4-8-15(14)20-16-13-6-2-1-5-12(13)11(10-19)9-18-16/h1-9,19H,10H2. The Hall–Kier alpha value is -1.91. The normalized spacial score (nSPS) is 10.7. The minimum atomic E-state index is -0.0389. The lowest BCUT2D eigenvalue weighted by atomic mass is 10.1. The van der Waals surface area contributed by atoms with E-state index in [-0.39, 0.29) is 6.61 Å². The van der Waals surface area contributed by atoms with Crippen LogP contribution in [0.25, 0.3) is 10.8 Å². The molecule has 0 fully saturated rings. The lowest BCUT2D eigenvalue weighted by molar-refractivity contribution is 0.282. The molecule has 0 radical (unpaired) electrons. The maximum Gasteiger partial charge on any atom is 0.227 e. The molecule has 100 valence electrons. The van der Waals surface area contributed by atoms with Crippen molar-refractivity contribution < 1.29 is 9.84 Å². The zero-order chi connectivity index (χ0) is 13.9. The van der Waals surface area contributed by atoms with Crippen molar-refractivity contribution in [3.63, 3.8) is 0 Å². The Bertz CT molecular complexity index is 758. The lowest BCUT2D eigenvalue weighted by Gasteiger charge is -2.11. The smallest absolute Gasteiger partial charge is 0.227 e. The zero-order valence-corrected chi connectivity index (χ0v) is 12.2. The van der Waals surface area contributed by atoms with E-state index in [1.807, 2.05) is 48.5 Å². The molecule has 0 unspecified atom stereocenters. The van der Waals surface area contributed by atoms with E-state index in [2.05, 4.69) is 20.9 Å². The van der Waals surface area contributed by atoms with Crippen LogP contribution in [0.2, 0.25) is 0 Å². The molecule has 1 N–H and O–H groups in total. The van der Waals surface area contributed by atoms with E-state index >= 15 is 0 Å². The first kappa shape index (κ1) is 13.1. The fraction of sp³-hybridized carbons (Fsp3) is 0.0625. The van der Waals surface area contributed by atoms with E-state index in [9.17, 15) is 5.11 Å². The monoisotopic (exact) mass is 329 g/mol. The van der Waals surface area contributed by atoms with Gasteiger partial charge < -0.3 is 9.84 Å². The van der Waals surface area contributed by atoms with Gasteiger partial charge >= 0.3 is 0 Å². The Morgan fingerprint density at radius 2 is 1.70 bits per heavy atom. The first-order valence-electron chi connectivity index (χ1n) is 6.19. The number of hydrogen-bond acceptors (Lipinski definition) is 3. The Kier molecular flexibility index (Phi) is 3.67. The quantitative estimate of drug-likeness (QED) is 0.779. The summed E-state index contributed by atoms with van der Waals surface area (Å²) in [5.74, 6) is 1.24. The summed E-state index contributed by atoms with van der Waals surface area (Å²) in [6.45, 7) is -0.0389. The summed E-state index contributed by atoms with van der Waals surface area (Å²) >= 11 is 3.45. The molecule has 3 rings (SSSR count). The predicted octanol–water partition coefficient (Wildman–Crippen LogP) is 4.28. The molecule has 20 heavy (non-hydrogen) atoms. The summed E-state index contributed by atoms with van der Waals surface area (Å²) in [7, 11) is 0. The molecule has 0 saturated carbocycles. The van der Waals surface area contributed by atoms with Crippen molar-refractivity contribution in [2.24, 2.45) is 0 Å². The van der Waals surface area contributed by atoms with Crippen LogP contribution in [0.5, 0.6) is 11.6 Å². The molecule has 0 aliphatic carbocycles. The number of nitrogens with zero attached hydrogens (tertiary/aromatic N) is 1. The van der Waals surface area contributed by atoms with Gasteiger partial charge in [-0.2, -0.15) is 0 Å². The van der Waals surface area contributed by atoms with Crippen molar-refractivity contribution in [3.05, 3.63) is 64.8 Å². The molecule has 0 saturated heterocycles. The van der Waals surface area contributed by atoms with Crippen molar-refractivity contribution >= 4 is 26.7 Å². The van der Waals surface area contributed by atoms with Crippen molar-refractivity contribution in [3.8, 4) is 11.6 Å². The number of aromatic nitrogens is 1. The van der Waals surface area contributed by atoms with Gasteiger partial charge in [0, 0.05) is 17.1 Å². The summed E-state index contributed by atoms with van der Waals surface area (Å²) in [5.41, 5.74) is 0.792. The van der Waals surface area contributed by atoms with Crippen LogP contribution in [0, 0.1) is 0 Å². The third kappa shape index (κ3) is 2.40. The lowest BCUT2D eigenvalue weighted by Crippen LogP contribution is -1.94. The maximum absolute atomic E-state index is 9.37. The summed E-state index contributed by atoms with van der Waals surface area (Å²) in [6.07, 6.45) is 1.65. The molecule has 0 bridgehead atoms. The number of aliphatic hydroxyl groups excluding tert-OH is 1. The summed E-state index contributed by atoms with van der Waals surface area (Å²) in [5, 5.41) is 11.2. The Morgan fingerprint density at radius 3 is 2.45 bits per heavy atom. The van der Waals surface area contributed by atoms with Gasteiger partial charge in [-0.05, 0) is 39.5 Å². The average molecular weight is 330 g/mol. The van der Waals surface area contributed by atoms with Crippen LogP contribution in [0.3, 0.4) is 0 Å². The van der Waals surface area contributed by atoms with Crippen LogP contribution in [0.1, 0.15) is 5.56 Å². The third-order valence-electron chi connectivity index (χ3n) is 3.05. The summed E-state index contributed by atoms with van der Waals surface area (Å²) in [6, 6.07) is 15.4. The van der Waals surface area contributed by atoms with Gasteiger partial charge in [0.15, 0.2) is 0 Å². The highest BCUT2D eigenvalue weighted by atomic mass is 79.9. The number of hydrogen-bond donors (Lipinski definition) is 1. The minimum Gasteiger partial charge on any atom is -0.437 e. The van der Waals surface area contributed by atoms with Gasteiger partial charge in [-0.1, -0.05) is 30.3 Å². The molecule has 1 heterocycles. The number of rotatable bonds is 3. The highest BCUT2D eigenvalue weighted by Gasteiger charge is 2.09. The zero-order valence-electron chi connectivity index (χ0n) is 10.6. The van der Waals surface area contributed by atoms with Crippen LogP contribution in [-0.4, -0.2) is 10.1 Å². The van der Waals surface area contributed by atoms with Crippen LogP contribution in [0.15, 0.2) is 59.2 Å². The van der Waals surface area contributed by atoms with Crippen LogP contribution < -0.4 is 4.74 Å². The second kappa shape index (κ2) is 5.61. The van der Waals surface area contributed by atoms with Crippen molar-refractivity contribution in [2.45, 2.75) is 6.61 Å². The second-order valence-electron chi connectivity index (χ2n) is 4.32. The number of ether oxygens (including phenoxy) is 1. The van der Waals surface area contributed by atoms with Gasteiger partial charge in [0.1, 0.15) is 5.75 Å². The average Bonchev–Trinajstić information content (AvgIpc) is 2.50. The Balaban J connectivity index is 2.11. The van der Waals surface area contributed by atoms with Gasteiger partial charge in [-0.3, -0.25) is 0 Å². The fourth-order valence-corrected chi connectivity index (χ4v) is 2.43. The molecule has 1 aromatic heterocycles. The topological polar surface area (TPSA) is 42.4 Å². The fourth-order valence-electron chi connectivity index (χ4n) is 2.06. The first-order chi connectivity index (χ1) is 9.79. The summed E-state index contributed by atoms with van der Waals surface area (Å²) in [4.78, 5) is 4.31. The molecule has 3 nitrogen and oxygen atoms in total. The van der Waals surface area contributed by atoms with Crippen molar-refractivity contribution in [2.75, 3.05) is 0 Å². The van der Waals surface area contributed by atoms with Crippen LogP contribution >= 0.6 is 15.9 Å². The highest BCUT2D eigenvalue weighted by molar-refractivity contribution is 9.10. The Labute approximate surface area is 125 Å². The number of benzene rings is 2. The summed E-state index contributed by atoms with van der Waals surface area (Å²) < 4.78 is 6.75. The van der Waals surface area contributed by atoms with E-state index in [1.54, 1.807) is 6.20 Å². The molecular formula is C16H12BrNO2. The van der Waals surface area contributed by atoms with E-state index in [1.165, 1.54) is 0 Å². The molecule has 0 aliphatic heterocycles. The van der Waals surface area contributed by atoms with Crippen molar-refractivity contribution in [1.29, 1.82) is 0 Å². The SMILES string of the molecule is OCc1cnc(Oc2ccccc2Br)c2ccccc12. The van der Waals surface area contributed by atoms with Gasteiger partial charge in [-0.15, -0.1) is 0 Å². The van der Waals surface area contributed by atoms with Crippen molar-refractivity contribution in [1.82, 2.24) is 4.98 Å². The maximum atomic E-state index is 9.37. The van der Waals surface area contributed by atoms with Gasteiger partial charge in [0.05, 0.1) is 11.1 Å². The van der Waals surface area contributed by atoms with Crippen LogP contribution in [0.4, 0.5) is 0 Å². The second-order valence-corrected chi connectivity index (χ2v) is 5.18. The van der Waals surface area contributed by atoms with Gasteiger partial charge in [-0.25, -0.2) is 4.98 Å². The largest absolute Gasteiger partial charge is 0.437 e. The highest BCUT2D eigenvalue weighted by Crippen LogP contribution is 2.33. The molecular weight excluding hydrogens is 318 g/mol. The molecule has 0 spiro atoms. The van der Waals surface area contributed by atoms with E-state index in [0.717, 1.165) is 20.8 Å². The number of pyridine rings is 1. The van der Waals surface area contributed by atoms with E-state index in [0.29, 0.717) is 11.6 Å². The molecule has 0 aliphatic rings. The number of para-hydroxylation sites is 1. The molecule has 0 amide bonds. The van der Waals surface area contributed by atoms with E-state index in [4.69, 9.17) is 4.74 Å². The molecule has 4 heteroatoms. The number of aliphatic hydroxyl groups is 1. The number of fused-ring (bicyclic) bond motifs is 1. The van der Waals surface area contributed by atoms with Gasteiger partial charge in [0.2, 0.25) is 5.88 Å². The van der Waals surface area contributed by atoms with Gasteiger partial charge in [0.25, 0.3) is 0 Å².